The van der Waals surface area contributed by atoms with Gasteiger partial charge in [0.2, 0.25) is 0 Å². The van der Waals surface area contributed by atoms with Crippen LogP contribution in [0.3, 0.4) is 0 Å². The lowest BCUT2D eigenvalue weighted by atomic mass is 10.0. The molecule has 1 aliphatic heterocycles. The molecule has 2 N–H and O–H groups in total. The van der Waals surface area contributed by atoms with Crippen LogP contribution >= 0.6 is 0 Å². The first-order valence-electron chi connectivity index (χ1n) is 6.42. The summed E-state index contributed by atoms with van der Waals surface area (Å²) in [5.41, 5.74) is 0.431. The van der Waals surface area contributed by atoms with E-state index < -0.39 is 18.2 Å². The van der Waals surface area contributed by atoms with Gasteiger partial charge in [0, 0.05) is 6.54 Å². The molecule has 1 saturated heterocycles. The lowest BCUT2D eigenvalue weighted by Gasteiger charge is -2.39. The Balaban J connectivity index is 2.17. The summed E-state index contributed by atoms with van der Waals surface area (Å²) in [5, 5.41) is 19.7. The van der Waals surface area contributed by atoms with E-state index in [4.69, 9.17) is 9.15 Å². The molecule has 0 saturated carbocycles. The van der Waals surface area contributed by atoms with Gasteiger partial charge in [-0.25, -0.2) is 0 Å². The van der Waals surface area contributed by atoms with E-state index in [-0.39, 0.29) is 19.1 Å². The average molecular weight is 269 g/mol. The molecule has 1 fully saturated rings. The Morgan fingerprint density at radius 3 is 2.89 bits per heavy atom. The van der Waals surface area contributed by atoms with E-state index in [0.717, 1.165) is 6.42 Å². The first-order valence-corrected chi connectivity index (χ1v) is 6.42. The summed E-state index contributed by atoms with van der Waals surface area (Å²) in [4.78, 5) is 13.9. The van der Waals surface area contributed by atoms with E-state index >= 15 is 0 Å². The molecule has 1 aliphatic rings. The molecule has 0 radical (unpaired) electrons. The number of furan rings is 1. The zero-order chi connectivity index (χ0) is 13.8. The maximum atomic E-state index is 12.4. The van der Waals surface area contributed by atoms with E-state index in [0.29, 0.717) is 12.1 Å². The van der Waals surface area contributed by atoms with Crippen molar-refractivity contribution in [3.8, 4) is 0 Å². The second-order valence-corrected chi connectivity index (χ2v) is 4.67. The van der Waals surface area contributed by atoms with Crippen molar-refractivity contribution in [2.24, 2.45) is 0 Å². The number of nitrogens with zero attached hydrogens (tertiary/aromatic N) is 1. The van der Waals surface area contributed by atoms with Gasteiger partial charge in [-0.15, -0.1) is 0 Å². The number of carbonyl (C=O) groups excluding carboxylic acids is 1. The van der Waals surface area contributed by atoms with Gasteiger partial charge in [0.1, 0.15) is 18.5 Å². The van der Waals surface area contributed by atoms with Crippen molar-refractivity contribution in [3.63, 3.8) is 0 Å². The highest BCUT2D eigenvalue weighted by Crippen LogP contribution is 2.18. The summed E-state index contributed by atoms with van der Waals surface area (Å²) in [6.45, 7) is 2.75. The average Bonchev–Trinajstić information content (AvgIpc) is 2.93. The second kappa shape index (κ2) is 6.18. The van der Waals surface area contributed by atoms with E-state index in [2.05, 4.69) is 0 Å². The molecule has 6 heteroatoms. The van der Waals surface area contributed by atoms with Crippen LogP contribution in [0.1, 0.15) is 23.7 Å². The second-order valence-electron chi connectivity index (χ2n) is 4.67. The molecular weight excluding hydrogens is 250 g/mol. The van der Waals surface area contributed by atoms with Crippen LogP contribution in [0.25, 0.3) is 0 Å². The minimum atomic E-state index is -0.990. The molecule has 2 heterocycles. The van der Waals surface area contributed by atoms with Gasteiger partial charge in [0.25, 0.3) is 5.91 Å². The van der Waals surface area contributed by atoms with E-state index in [1.807, 2.05) is 6.92 Å². The fourth-order valence-corrected chi connectivity index (χ4v) is 2.25. The van der Waals surface area contributed by atoms with Crippen LogP contribution in [0.4, 0.5) is 0 Å². The lowest BCUT2D eigenvalue weighted by Crippen LogP contribution is -2.57. The fraction of sp³-hybridized carbons (Fsp3) is 0.615. The smallest absolute Gasteiger partial charge is 0.257 e. The Morgan fingerprint density at radius 2 is 2.26 bits per heavy atom. The van der Waals surface area contributed by atoms with Gasteiger partial charge in [0.15, 0.2) is 0 Å². The number of ether oxygens (including phenoxy) is 1. The molecule has 0 aliphatic carbocycles. The summed E-state index contributed by atoms with van der Waals surface area (Å²) >= 11 is 0. The fourth-order valence-electron chi connectivity index (χ4n) is 2.25. The number of carbonyl (C=O) groups is 1. The van der Waals surface area contributed by atoms with Gasteiger partial charge < -0.3 is 24.3 Å². The Morgan fingerprint density at radius 1 is 1.47 bits per heavy atom. The van der Waals surface area contributed by atoms with Gasteiger partial charge in [-0.1, -0.05) is 6.92 Å². The van der Waals surface area contributed by atoms with Crippen molar-refractivity contribution >= 4 is 5.91 Å². The van der Waals surface area contributed by atoms with Crippen LogP contribution in [0.5, 0.6) is 0 Å². The van der Waals surface area contributed by atoms with E-state index in [9.17, 15) is 15.0 Å². The number of rotatable bonds is 4. The SMILES string of the molecule is CCCN(C(=O)c1ccoc1)[C@@H]1COC[C@@H](O)[C@H]1O. The summed E-state index contributed by atoms with van der Waals surface area (Å²) in [6, 6.07) is 1.04. The molecule has 1 aromatic heterocycles. The van der Waals surface area contributed by atoms with E-state index in [1.54, 1.807) is 6.07 Å². The number of aliphatic hydroxyl groups excluding tert-OH is 2. The number of amides is 1. The molecule has 1 aromatic rings. The number of hydrogen-bond donors (Lipinski definition) is 2. The summed E-state index contributed by atoms with van der Waals surface area (Å²) in [5.74, 6) is -0.225. The van der Waals surface area contributed by atoms with Crippen molar-refractivity contribution in [2.45, 2.75) is 31.6 Å². The van der Waals surface area contributed by atoms with Crippen molar-refractivity contribution in [3.05, 3.63) is 24.2 Å². The maximum absolute atomic E-state index is 12.4. The Kier molecular flexibility index (Phi) is 4.57. The number of hydrogen-bond acceptors (Lipinski definition) is 5. The molecule has 2 rings (SSSR count). The van der Waals surface area contributed by atoms with Crippen molar-refractivity contribution < 1.29 is 24.2 Å². The van der Waals surface area contributed by atoms with Crippen LogP contribution in [-0.4, -0.2) is 59.0 Å². The van der Waals surface area contributed by atoms with Crippen LogP contribution in [-0.2, 0) is 4.74 Å². The highest BCUT2D eigenvalue weighted by molar-refractivity contribution is 5.94. The summed E-state index contributed by atoms with van der Waals surface area (Å²) < 4.78 is 10.1. The summed E-state index contributed by atoms with van der Waals surface area (Å²) in [6.07, 6.45) is 1.60. The standard InChI is InChI=1S/C13H19NO5/c1-2-4-14(13(17)9-3-5-18-6-9)10-7-19-8-11(15)12(10)16/h3,5-6,10-12,15-16H,2,4,7-8H2,1H3/t10-,11-,12+/m1/s1. The first kappa shape index (κ1) is 14.0. The first-order chi connectivity index (χ1) is 9.15. The third-order valence-corrected chi connectivity index (χ3v) is 3.26. The van der Waals surface area contributed by atoms with Crippen molar-refractivity contribution in [1.29, 1.82) is 0 Å². The molecule has 0 bridgehead atoms. The molecule has 0 aromatic carbocycles. The molecule has 6 nitrogen and oxygen atoms in total. The topological polar surface area (TPSA) is 83.1 Å². The molecule has 106 valence electrons. The molecule has 0 unspecified atom stereocenters. The van der Waals surface area contributed by atoms with Crippen molar-refractivity contribution in [2.75, 3.05) is 19.8 Å². The Labute approximate surface area is 111 Å². The van der Waals surface area contributed by atoms with Crippen molar-refractivity contribution in [1.82, 2.24) is 4.90 Å². The van der Waals surface area contributed by atoms with Crippen LogP contribution in [0, 0.1) is 0 Å². The van der Waals surface area contributed by atoms with Gasteiger partial charge in [0.05, 0.1) is 31.1 Å². The quantitative estimate of drug-likeness (QED) is 0.819. The number of aliphatic hydroxyl groups is 2. The largest absolute Gasteiger partial charge is 0.472 e. The van der Waals surface area contributed by atoms with Gasteiger partial charge in [-0.2, -0.15) is 0 Å². The Hall–Kier alpha value is -1.37. The van der Waals surface area contributed by atoms with Crippen LogP contribution < -0.4 is 0 Å². The zero-order valence-corrected chi connectivity index (χ0v) is 10.9. The predicted octanol–water partition coefficient (Wildman–Crippen LogP) is 0.252. The molecule has 1 amide bonds. The minimum absolute atomic E-state index is 0.0948. The predicted molar refractivity (Wildman–Crippen MR) is 66.7 cm³/mol. The third-order valence-electron chi connectivity index (χ3n) is 3.26. The lowest BCUT2D eigenvalue weighted by molar-refractivity contribution is -0.125. The summed E-state index contributed by atoms with van der Waals surface area (Å²) in [7, 11) is 0. The maximum Gasteiger partial charge on any atom is 0.257 e. The normalized spacial score (nSPS) is 27.2. The van der Waals surface area contributed by atoms with Gasteiger partial charge in [-0.3, -0.25) is 4.79 Å². The van der Waals surface area contributed by atoms with Gasteiger partial charge in [-0.05, 0) is 12.5 Å². The molecular formula is C13H19NO5. The minimum Gasteiger partial charge on any atom is -0.472 e. The van der Waals surface area contributed by atoms with E-state index in [1.165, 1.54) is 17.4 Å². The Bertz CT molecular complexity index is 405. The van der Waals surface area contributed by atoms with Gasteiger partial charge >= 0.3 is 0 Å². The van der Waals surface area contributed by atoms with Crippen LogP contribution in [0.15, 0.2) is 23.0 Å². The highest BCUT2D eigenvalue weighted by atomic mass is 16.5. The monoisotopic (exact) mass is 269 g/mol. The third kappa shape index (κ3) is 2.97. The molecule has 19 heavy (non-hydrogen) atoms. The zero-order valence-electron chi connectivity index (χ0n) is 10.9. The van der Waals surface area contributed by atoms with Crippen LogP contribution in [0.2, 0.25) is 0 Å². The molecule has 3 atom stereocenters. The highest BCUT2D eigenvalue weighted by Gasteiger charge is 2.37. The molecule has 0 spiro atoms.